The summed E-state index contributed by atoms with van der Waals surface area (Å²) in [5, 5.41) is 0. The summed E-state index contributed by atoms with van der Waals surface area (Å²) in [5.74, 6) is -1.20. The maximum Gasteiger partial charge on any atom is 0.331 e. The minimum absolute atomic E-state index is 0.140. The Morgan fingerprint density at radius 1 is 0.528 bits per heavy atom. The Bertz CT molecular complexity index is 614. The molecule has 0 spiro atoms. The van der Waals surface area contributed by atoms with Gasteiger partial charge >= 0.3 is 11.9 Å². The van der Waals surface area contributed by atoms with E-state index in [-0.39, 0.29) is 13.2 Å². The van der Waals surface area contributed by atoms with Crippen LogP contribution in [0.1, 0.15) is 12.8 Å². The Morgan fingerprint density at radius 2 is 0.861 bits per heavy atom. The van der Waals surface area contributed by atoms with Gasteiger partial charge in [0.15, 0.2) is 33.3 Å². The molecule has 212 valence electrons. The molecule has 8 nitrogen and oxygen atoms in total. The van der Waals surface area contributed by atoms with Gasteiger partial charge in [-0.3, -0.25) is 0 Å². The Morgan fingerprint density at radius 3 is 1.17 bits per heavy atom. The van der Waals surface area contributed by atoms with Crippen LogP contribution in [-0.2, 0) is 36.8 Å². The molecule has 0 amide bonds. The van der Waals surface area contributed by atoms with Gasteiger partial charge in [-0.1, -0.05) is 0 Å². The highest BCUT2D eigenvalue weighted by Crippen LogP contribution is 2.20. The summed E-state index contributed by atoms with van der Waals surface area (Å²) in [6.07, 6.45) is 3.99. The molecule has 0 aliphatic rings. The van der Waals surface area contributed by atoms with Crippen LogP contribution in [0.25, 0.3) is 0 Å². The quantitative estimate of drug-likeness (QED) is 0.0801. The largest absolute Gasteiger partial charge is 0.460 e. The summed E-state index contributed by atoms with van der Waals surface area (Å²) >= 11 is 0. The molecular formula is C24H52O8Si4. The topological polar surface area (TPSA) is 89.5 Å². The van der Waals surface area contributed by atoms with E-state index < -0.39 is 45.2 Å². The average Bonchev–Trinajstić information content (AvgIpc) is 2.67. The molecule has 0 aromatic heterocycles. The van der Waals surface area contributed by atoms with Crippen LogP contribution in [0.2, 0.25) is 77.6 Å². The molecular weight excluding hydrogens is 529 g/mol. The zero-order valence-electron chi connectivity index (χ0n) is 24.5. The second-order valence-corrected chi connectivity index (χ2v) is 30.2. The Balaban J connectivity index is 3.78. The van der Waals surface area contributed by atoms with Gasteiger partial charge < -0.3 is 27.2 Å². The van der Waals surface area contributed by atoms with Crippen molar-refractivity contribution in [2.24, 2.45) is 0 Å². The van der Waals surface area contributed by atoms with E-state index in [4.69, 9.17) is 27.2 Å². The molecule has 0 fully saturated rings. The third-order valence-electron chi connectivity index (χ3n) is 4.60. The summed E-state index contributed by atoms with van der Waals surface area (Å²) in [6.45, 7) is 24.4. The van der Waals surface area contributed by atoms with Crippen molar-refractivity contribution in [3.63, 3.8) is 0 Å². The first-order valence-electron chi connectivity index (χ1n) is 13.0. The minimum atomic E-state index is -1.65. The molecule has 0 atom stereocenters. The zero-order chi connectivity index (χ0) is 27.9. The van der Waals surface area contributed by atoms with E-state index >= 15 is 0 Å². The second kappa shape index (κ2) is 17.1. The SMILES string of the molecule is C[Si](C)(C)O[Si](C)(C)CCCOCCOC(=O)/C=C/C(=O)OCCOCCC[Si](C)(C)O[Si](C)(C)C. The molecule has 0 aliphatic carbocycles. The van der Waals surface area contributed by atoms with Crippen LogP contribution in [0, 0.1) is 0 Å². The van der Waals surface area contributed by atoms with Crippen molar-refractivity contribution < 1.29 is 36.8 Å². The smallest absolute Gasteiger partial charge is 0.331 e. The summed E-state index contributed by atoms with van der Waals surface area (Å²) in [6, 6.07) is 2.08. The number of hydrogen-bond donors (Lipinski definition) is 0. The molecule has 0 aliphatic heterocycles. The highest BCUT2D eigenvalue weighted by atomic mass is 28.4. The van der Waals surface area contributed by atoms with Crippen LogP contribution in [0.3, 0.4) is 0 Å². The first kappa shape index (κ1) is 35.4. The van der Waals surface area contributed by atoms with Gasteiger partial charge in [-0.25, -0.2) is 9.59 Å². The maximum absolute atomic E-state index is 11.7. The lowest BCUT2D eigenvalue weighted by Crippen LogP contribution is -2.42. The van der Waals surface area contributed by atoms with Crippen molar-refractivity contribution >= 4 is 45.2 Å². The van der Waals surface area contributed by atoms with Crippen LogP contribution < -0.4 is 0 Å². The van der Waals surface area contributed by atoms with E-state index in [0.29, 0.717) is 26.4 Å². The molecule has 12 heteroatoms. The molecule has 0 N–H and O–H groups in total. The molecule has 0 aromatic carbocycles. The zero-order valence-corrected chi connectivity index (χ0v) is 28.5. The minimum Gasteiger partial charge on any atom is -0.460 e. The second-order valence-electron chi connectivity index (χ2n) is 12.0. The predicted octanol–water partition coefficient (Wildman–Crippen LogP) is 5.56. The summed E-state index contributed by atoms with van der Waals surface area (Å²) in [7, 11) is -6.32. The third-order valence-corrected chi connectivity index (χ3v) is 17.0. The first-order chi connectivity index (χ1) is 16.4. The third kappa shape index (κ3) is 23.8. The molecule has 36 heavy (non-hydrogen) atoms. The highest BCUT2D eigenvalue weighted by molar-refractivity contribution is 6.84. The van der Waals surface area contributed by atoms with E-state index in [2.05, 4.69) is 65.5 Å². The first-order valence-corrected chi connectivity index (χ1v) is 26.0. The fourth-order valence-electron chi connectivity index (χ4n) is 3.80. The van der Waals surface area contributed by atoms with Crippen LogP contribution in [0.4, 0.5) is 0 Å². The monoisotopic (exact) mass is 580 g/mol. The Hall–Kier alpha value is -0.612. The molecule has 0 rings (SSSR count). The molecule has 0 radical (unpaired) electrons. The predicted molar refractivity (Wildman–Crippen MR) is 155 cm³/mol. The lowest BCUT2D eigenvalue weighted by molar-refractivity contribution is -0.142. The number of ether oxygens (including phenoxy) is 4. The van der Waals surface area contributed by atoms with Gasteiger partial charge in [0.05, 0.1) is 13.2 Å². The lowest BCUT2D eigenvalue weighted by Gasteiger charge is -2.31. The highest BCUT2D eigenvalue weighted by Gasteiger charge is 2.29. The fourth-order valence-corrected chi connectivity index (χ4v) is 19.9. The van der Waals surface area contributed by atoms with Gasteiger partial charge in [0.1, 0.15) is 13.2 Å². The van der Waals surface area contributed by atoms with Gasteiger partial charge in [-0.2, -0.15) is 0 Å². The van der Waals surface area contributed by atoms with Crippen molar-refractivity contribution in [2.45, 2.75) is 90.4 Å². The molecule has 0 saturated heterocycles. The number of hydrogen-bond acceptors (Lipinski definition) is 8. The van der Waals surface area contributed by atoms with E-state index in [9.17, 15) is 9.59 Å². The Kier molecular flexibility index (Phi) is 16.8. The number of carbonyl (C=O) groups excluding carboxylic acids is 2. The summed E-state index contributed by atoms with van der Waals surface area (Å²) in [4.78, 5) is 23.4. The van der Waals surface area contributed by atoms with Crippen molar-refractivity contribution in [2.75, 3.05) is 39.6 Å². The van der Waals surface area contributed by atoms with Crippen molar-refractivity contribution in [3.05, 3.63) is 12.2 Å². The van der Waals surface area contributed by atoms with E-state index in [1.54, 1.807) is 0 Å². The molecule has 0 bridgehead atoms. The van der Waals surface area contributed by atoms with Crippen molar-refractivity contribution in [1.82, 2.24) is 0 Å². The average molecular weight is 581 g/mol. The Labute approximate surface area is 223 Å². The van der Waals surface area contributed by atoms with Crippen molar-refractivity contribution in [1.29, 1.82) is 0 Å². The normalized spacial score (nSPS) is 13.3. The van der Waals surface area contributed by atoms with E-state index in [0.717, 1.165) is 37.1 Å². The maximum atomic E-state index is 11.7. The van der Waals surface area contributed by atoms with Crippen LogP contribution in [0.15, 0.2) is 12.2 Å². The number of rotatable bonds is 20. The lowest BCUT2D eigenvalue weighted by atomic mass is 10.5. The molecule has 0 heterocycles. The number of esters is 2. The van der Waals surface area contributed by atoms with Crippen LogP contribution >= 0.6 is 0 Å². The van der Waals surface area contributed by atoms with Gasteiger partial charge in [0.25, 0.3) is 0 Å². The standard InChI is InChI=1S/C24H52O8Si4/c1-33(2,3)31-35(7,8)21-11-15-27-17-19-29-23(25)13-14-24(26)30-20-18-28-16-12-22-36(9,10)32-34(4,5)6/h13-14H,11-12,15-22H2,1-10H3/b14-13+. The van der Waals surface area contributed by atoms with E-state index in [1.807, 2.05) is 0 Å². The molecule has 0 unspecified atom stereocenters. The molecule has 0 aromatic rings. The van der Waals surface area contributed by atoms with Gasteiger partial charge in [-0.05, 0) is 90.4 Å². The van der Waals surface area contributed by atoms with Gasteiger partial charge in [0, 0.05) is 25.4 Å². The molecule has 0 saturated carbocycles. The number of carbonyl (C=O) groups is 2. The fraction of sp³-hybridized carbons (Fsp3) is 0.833. The summed E-state index contributed by atoms with van der Waals surface area (Å²) in [5.41, 5.74) is 0. The summed E-state index contributed by atoms with van der Waals surface area (Å²) < 4.78 is 33.7. The van der Waals surface area contributed by atoms with Crippen molar-refractivity contribution in [3.8, 4) is 0 Å². The van der Waals surface area contributed by atoms with E-state index in [1.165, 1.54) is 0 Å². The van der Waals surface area contributed by atoms with Gasteiger partial charge in [-0.15, -0.1) is 0 Å². The van der Waals surface area contributed by atoms with Crippen LogP contribution in [-0.4, -0.2) is 84.8 Å². The van der Waals surface area contributed by atoms with Crippen LogP contribution in [0.5, 0.6) is 0 Å². The van der Waals surface area contributed by atoms with Gasteiger partial charge in [0.2, 0.25) is 0 Å².